The van der Waals surface area contributed by atoms with Crippen molar-refractivity contribution in [3.8, 4) is 5.69 Å². The number of aromatic nitrogens is 2. The maximum absolute atomic E-state index is 4.90. The Kier molecular flexibility index (Phi) is 9.75. The van der Waals surface area contributed by atoms with Crippen molar-refractivity contribution in [2.45, 2.75) is 51.9 Å². The van der Waals surface area contributed by atoms with Gasteiger partial charge in [0.1, 0.15) is 0 Å². The molecule has 0 saturated carbocycles. The lowest BCUT2D eigenvalue weighted by atomic mass is 9.97. The van der Waals surface area contributed by atoms with Crippen LogP contribution < -0.4 is 10.6 Å². The van der Waals surface area contributed by atoms with E-state index in [9.17, 15) is 0 Å². The summed E-state index contributed by atoms with van der Waals surface area (Å²) in [6, 6.07) is 22.0. The van der Waals surface area contributed by atoms with Crippen LogP contribution in [0.3, 0.4) is 0 Å². The van der Waals surface area contributed by atoms with Crippen LogP contribution in [0.2, 0.25) is 0 Å². The van der Waals surface area contributed by atoms with E-state index in [4.69, 9.17) is 4.99 Å². The minimum atomic E-state index is 0. The largest absolute Gasteiger partial charge is 0.357 e. The third kappa shape index (κ3) is 7.04. The number of benzene rings is 2. The van der Waals surface area contributed by atoms with Gasteiger partial charge in [-0.25, -0.2) is 9.67 Å². The third-order valence-corrected chi connectivity index (χ3v) is 6.08. The van der Waals surface area contributed by atoms with Crippen LogP contribution in [-0.2, 0) is 13.1 Å². The molecule has 2 unspecified atom stereocenters. The van der Waals surface area contributed by atoms with E-state index in [1.807, 2.05) is 23.0 Å². The Balaban J connectivity index is 0.00000306. The van der Waals surface area contributed by atoms with Gasteiger partial charge in [0.15, 0.2) is 5.96 Å². The van der Waals surface area contributed by atoms with Crippen molar-refractivity contribution in [3.05, 3.63) is 84.2 Å². The van der Waals surface area contributed by atoms with Gasteiger partial charge in [-0.05, 0) is 49.9 Å². The summed E-state index contributed by atoms with van der Waals surface area (Å²) < 4.78 is 1.90. The number of piperidine rings is 1. The van der Waals surface area contributed by atoms with Gasteiger partial charge in [0.25, 0.3) is 0 Å². The summed E-state index contributed by atoms with van der Waals surface area (Å²) in [7, 11) is 0. The van der Waals surface area contributed by atoms with E-state index < -0.39 is 0 Å². The van der Waals surface area contributed by atoms with Gasteiger partial charge in [-0.15, -0.1) is 24.0 Å². The van der Waals surface area contributed by atoms with E-state index in [1.54, 1.807) is 6.20 Å². The first kappa shape index (κ1) is 25.2. The van der Waals surface area contributed by atoms with Crippen LogP contribution in [-0.4, -0.2) is 45.8 Å². The van der Waals surface area contributed by atoms with Crippen molar-refractivity contribution in [1.82, 2.24) is 25.3 Å². The van der Waals surface area contributed by atoms with E-state index in [2.05, 4.69) is 83.0 Å². The normalized spacial score (nSPS) is 19.0. The number of halogens is 1. The van der Waals surface area contributed by atoms with Crippen molar-refractivity contribution in [2.75, 3.05) is 13.1 Å². The zero-order chi connectivity index (χ0) is 22.2. The average Bonchev–Trinajstić information content (AvgIpc) is 3.35. The van der Waals surface area contributed by atoms with Gasteiger partial charge in [-0.2, -0.15) is 5.10 Å². The molecular formula is C26H35IN6. The number of aliphatic imine (C=N–C) groups is 1. The summed E-state index contributed by atoms with van der Waals surface area (Å²) in [6.45, 7) is 8.01. The SMILES string of the molecule is CCNC(=NCc1ccccc1-n1cccn1)NC1CCN(Cc2ccccc2)C(C)C1.I. The summed E-state index contributed by atoms with van der Waals surface area (Å²) >= 11 is 0. The molecular weight excluding hydrogens is 523 g/mol. The Morgan fingerprint density at radius 2 is 1.88 bits per heavy atom. The van der Waals surface area contributed by atoms with Gasteiger partial charge in [-0.3, -0.25) is 4.90 Å². The molecule has 2 aromatic carbocycles. The number of nitrogens with zero attached hydrogens (tertiary/aromatic N) is 4. The fourth-order valence-electron chi connectivity index (χ4n) is 4.36. The molecule has 4 rings (SSSR count). The minimum absolute atomic E-state index is 0. The van der Waals surface area contributed by atoms with E-state index in [-0.39, 0.29) is 24.0 Å². The lowest BCUT2D eigenvalue weighted by Crippen LogP contribution is -2.51. The average molecular weight is 559 g/mol. The van der Waals surface area contributed by atoms with Crippen LogP contribution in [0.4, 0.5) is 0 Å². The highest BCUT2D eigenvalue weighted by molar-refractivity contribution is 14.0. The van der Waals surface area contributed by atoms with Crippen molar-refractivity contribution in [1.29, 1.82) is 0 Å². The van der Waals surface area contributed by atoms with Gasteiger partial charge in [0.2, 0.25) is 0 Å². The molecule has 6 nitrogen and oxygen atoms in total. The molecule has 0 spiro atoms. The molecule has 2 heterocycles. The summed E-state index contributed by atoms with van der Waals surface area (Å²) in [5.41, 5.74) is 3.61. The molecule has 0 radical (unpaired) electrons. The Bertz CT molecular complexity index is 989. The van der Waals surface area contributed by atoms with Gasteiger partial charge in [0, 0.05) is 44.1 Å². The second-order valence-corrected chi connectivity index (χ2v) is 8.45. The number of para-hydroxylation sites is 1. The number of rotatable bonds is 7. The number of likely N-dealkylation sites (tertiary alicyclic amines) is 1. The summed E-state index contributed by atoms with van der Waals surface area (Å²) in [5, 5.41) is 11.5. The second-order valence-electron chi connectivity index (χ2n) is 8.45. The molecule has 1 saturated heterocycles. The molecule has 0 aliphatic carbocycles. The predicted octanol–water partition coefficient (Wildman–Crippen LogP) is 4.60. The molecule has 1 aromatic heterocycles. The molecule has 1 aliphatic rings. The molecule has 2 N–H and O–H groups in total. The summed E-state index contributed by atoms with van der Waals surface area (Å²) in [6.07, 6.45) is 6.00. The molecule has 33 heavy (non-hydrogen) atoms. The summed E-state index contributed by atoms with van der Waals surface area (Å²) in [5.74, 6) is 0.886. The van der Waals surface area contributed by atoms with Crippen LogP contribution in [0.15, 0.2) is 78.0 Å². The number of guanidine groups is 1. The van der Waals surface area contributed by atoms with E-state index >= 15 is 0 Å². The smallest absolute Gasteiger partial charge is 0.191 e. The molecule has 2 atom stereocenters. The zero-order valence-corrected chi connectivity index (χ0v) is 21.9. The van der Waals surface area contributed by atoms with E-state index in [0.717, 1.165) is 49.7 Å². The Morgan fingerprint density at radius 1 is 1.09 bits per heavy atom. The quantitative estimate of drug-likeness (QED) is 0.253. The highest BCUT2D eigenvalue weighted by Crippen LogP contribution is 2.20. The van der Waals surface area contributed by atoms with Crippen molar-refractivity contribution in [3.63, 3.8) is 0 Å². The molecule has 176 valence electrons. The predicted molar refractivity (Wildman–Crippen MR) is 146 cm³/mol. The van der Waals surface area contributed by atoms with Gasteiger partial charge in [0.05, 0.1) is 12.2 Å². The second kappa shape index (κ2) is 12.7. The first-order chi connectivity index (χ1) is 15.7. The summed E-state index contributed by atoms with van der Waals surface area (Å²) in [4.78, 5) is 7.48. The third-order valence-electron chi connectivity index (χ3n) is 6.08. The van der Waals surface area contributed by atoms with Crippen molar-refractivity contribution < 1.29 is 0 Å². The maximum Gasteiger partial charge on any atom is 0.191 e. The van der Waals surface area contributed by atoms with Crippen molar-refractivity contribution >= 4 is 29.9 Å². The first-order valence-corrected chi connectivity index (χ1v) is 11.6. The topological polar surface area (TPSA) is 57.5 Å². The molecule has 0 amide bonds. The Morgan fingerprint density at radius 3 is 2.61 bits per heavy atom. The first-order valence-electron chi connectivity index (χ1n) is 11.6. The Hall–Kier alpha value is -2.39. The van der Waals surface area contributed by atoms with Crippen LogP contribution in [0, 0.1) is 0 Å². The van der Waals surface area contributed by atoms with Gasteiger partial charge < -0.3 is 10.6 Å². The number of hydrogen-bond donors (Lipinski definition) is 2. The van der Waals surface area contributed by atoms with Crippen molar-refractivity contribution in [2.24, 2.45) is 4.99 Å². The number of nitrogens with one attached hydrogen (secondary N) is 2. The zero-order valence-electron chi connectivity index (χ0n) is 19.5. The molecule has 3 aromatic rings. The van der Waals surface area contributed by atoms with Crippen LogP contribution >= 0.6 is 24.0 Å². The lowest BCUT2D eigenvalue weighted by molar-refractivity contribution is 0.134. The standard InChI is InChI=1S/C26H34N6.HI/c1-3-27-26(28-19-23-12-7-8-13-25(23)32-16-9-15-29-32)30-24-14-17-31(21(2)18-24)20-22-10-5-4-6-11-22;/h4-13,15-16,21,24H,3,14,17-20H2,1-2H3,(H2,27,28,30);1H. The fourth-order valence-corrected chi connectivity index (χ4v) is 4.36. The number of hydrogen-bond acceptors (Lipinski definition) is 3. The molecule has 1 aliphatic heterocycles. The monoisotopic (exact) mass is 558 g/mol. The highest BCUT2D eigenvalue weighted by Gasteiger charge is 2.26. The van der Waals surface area contributed by atoms with Crippen LogP contribution in [0.5, 0.6) is 0 Å². The van der Waals surface area contributed by atoms with E-state index in [1.165, 1.54) is 5.56 Å². The Labute approximate surface area is 214 Å². The van der Waals surface area contributed by atoms with Gasteiger partial charge >= 0.3 is 0 Å². The minimum Gasteiger partial charge on any atom is -0.357 e. The molecule has 1 fully saturated rings. The van der Waals surface area contributed by atoms with Crippen LogP contribution in [0.25, 0.3) is 5.69 Å². The lowest BCUT2D eigenvalue weighted by Gasteiger charge is -2.38. The maximum atomic E-state index is 4.90. The van der Waals surface area contributed by atoms with Gasteiger partial charge in [-0.1, -0.05) is 48.5 Å². The highest BCUT2D eigenvalue weighted by atomic mass is 127. The fraction of sp³-hybridized carbons (Fsp3) is 0.385. The molecule has 7 heteroatoms. The van der Waals surface area contributed by atoms with Crippen LogP contribution in [0.1, 0.15) is 37.8 Å². The van der Waals surface area contributed by atoms with E-state index in [0.29, 0.717) is 18.6 Å². The molecule has 0 bridgehead atoms.